The van der Waals surface area contributed by atoms with E-state index < -0.39 is 19.0 Å². The normalized spacial score (nSPS) is 13.9. The van der Waals surface area contributed by atoms with Crippen LogP contribution >= 0.6 is 46.4 Å². The number of sulfonamides is 1. The summed E-state index contributed by atoms with van der Waals surface area (Å²) in [4.78, 5) is -0.0256. The molecule has 1 aromatic carbocycles. The number of hydrogen-bond acceptors (Lipinski definition) is 2. The molecule has 0 heterocycles. The minimum absolute atomic E-state index is 0.0256. The Kier molecular flexibility index (Phi) is 4.49. The predicted molar refractivity (Wildman–Crippen MR) is 67.2 cm³/mol. The van der Waals surface area contributed by atoms with Crippen molar-refractivity contribution < 1.29 is 8.42 Å². The molecular weight excluding hydrogens is 316 g/mol. The third-order valence-corrected chi connectivity index (χ3v) is 4.06. The van der Waals surface area contributed by atoms with Crippen LogP contribution in [0.5, 0.6) is 0 Å². The molecule has 0 aliphatic carbocycles. The van der Waals surface area contributed by atoms with E-state index in [0.29, 0.717) is 0 Å². The fraction of sp³-hybridized carbons (Fsp3) is 0.125. The van der Waals surface area contributed by atoms with Gasteiger partial charge in [0.2, 0.25) is 3.79 Å². The average molecular weight is 321 g/mol. The van der Waals surface area contributed by atoms with Crippen molar-refractivity contribution in [1.82, 2.24) is 0 Å². The van der Waals surface area contributed by atoms with Gasteiger partial charge in [-0.15, -0.1) is 4.40 Å². The number of alkyl halides is 3. The van der Waals surface area contributed by atoms with Gasteiger partial charge in [0.25, 0.3) is 10.0 Å². The van der Waals surface area contributed by atoms with Crippen molar-refractivity contribution in [2.75, 3.05) is 0 Å². The summed E-state index contributed by atoms with van der Waals surface area (Å²) in [5.41, 5.74) is 0. The molecule has 0 aliphatic rings. The zero-order valence-corrected chi connectivity index (χ0v) is 11.4. The molecule has 0 fully saturated rings. The van der Waals surface area contributed by atoms with Gasteiger partial charge in [-0.1, -0.05) is 64.6 Å². The van der Waals surface area contributed by atoms with Gasteiger partial charge in [0.15, 0.2) is 5.17 Å². The summed E-state index contributed by atoms with van der Waals surface area (Å²) in [6, 6.07) is 7.49. The average Bonchev–Trinajstić information content (AvgIpc) is 2.17. The quantitative estimate of drug-likeness (QED) is 0.619. The van der Waals surface area contributed by atoms with E-state index in [-0.39, 0.29) is 4.90 Å². The Morgan fingerprint density at radius 2 is 1.62 bits per heavy atom. The fourth-order valence-corrected chi connectivity index (χ4v) is 2.31. The largest absolute Gasteiger partial charge is 0.283 e. The molecule has 0 atom stereocenters. The summed E-state index contributed by atoms with van der Waals surface area (Å²) < 4.78 is 24.4. The second-order valence-electron chi connectivity index (χ2n) is 2.67. The molecule has 88 valence electrons. The van der Waals surface area contributed by atoms with Gasteiger partial charge in [-0.3, -0.25) is 0 Å². The summed E-state index contributed by atoms with van der Waals surface area (Å²) >= 11 is 21.6. The topological polar surface area (TPSA) is 46.5 Å². The molecule has 0 aromatic heterocycles. The Morgan fingerprint density at radius 1 is 1.12 bits per heavy atom. The lowest BCUT2D eigenvalue weighted by atomic mass is 10.4. The first-order valence-electron chi connectivity index (χ1n) is 3.86. The predicted octanol–water partition coefficient (Wildman–Crippen LogP) is 3.38. The van der Waals surface area contributed by atoms with Crippen LogP contribution in [0.1, 0.15) is 0 Å². The number of rotatable bonds is 2. The molecule has 0 amide bonds. The van der Waals surface area contributed by atoms with Crippen LogP contribution in [-0.2, 0) is 10.0 Å². The maximum absolute atomic E-state index is 11.6. The minimum Gasteiger partial charge on any atom is -0.199 e. The standard InChI is InChI=1S/C8H5Cl4NO2S/c9-7(8(10,11)12)13-16(14,15)6-4-2-1-3-5-6/h1-5H/b13-7-. The third kappa shape index (κ3) is 3.79. The van der Waals surface area contributed by atoms with Gasteiger partial charge in [0.05, 0.1) is 4.90 Å². The van der Waals surface area contributed by atoms with Gasteiger partial charge < -0.3 is 0 Å². The van der Waals surface area contributed by atoms with Crippen LogP contribution in [0.3, 0.4) is 0 Å². The second kappa shape index (κ2) is 5.10. The van der Waals surface area contributed by atoms with Crippen LogP contribution in [0.15, 0.2) is 39.6 Å². The van der Waals surface area contributed by atoms with E-state index in [2.05, 4.69) is 4.40 Å². The summed E-state index contributed by atoms with van der Waals surface area (Å²) in [7, 11) is -3.94. The van der Waals surface area contributed by atoms with E-state index >= 15 is 0 Å². The number of nitrogens with zero attached hydrogens (tertiary/aromatic N) is 1. The first kappa shape index (κ1) is 14.1. The molecule has 1 rings (SSSR count). The molecule has 0 saturated heterocycles. The zero-order valence-electron chi connectivity index (χ0n) is 7.57. The van der Waals surface area contributed by atoms with Gasteiger partial charge >= 0.3 is 0 Å². The fourth-order valence-electron chi connectivity index (χ4n) is 0.802. The van der Waals surface area contributed by atoms with E-state index in [1.807, 2.05) is 0 Å². The van der Waals surface area contributed by atoms with Crippen LogP contribution in [-0.4, -0.2) is 17.4 Å². The van der Waals surface area contributed by atoms with Crippen molar-refractivity contribution in [3.63, 3.8) is 0 Å². The van der Waals surface area contributed by atoms with Crippen LogP contribution < -0.4 is 0 Å². The van der Waals surface area contributed by atoms with Crippen molar-refractivity contribution in [2.24, 2.45) is 4.40 Å². The van der Waals surface area contributed by atoms with E-state index in [1.54, 1.807) is 18.2 Å². The van der Waals surface area contributed by atoms with Gasteiger partial charge in [0.1, 0.15) is 0 Å². The first-order valence-corrected chi connectivity index (χ1v) is 6.81. The van der Waals surface area contributed by atoms with Crippen molar-refractivity contribution in [2.45, 2.75) is 8.69 Å². The maximum atomic E-state index is 11.6. The van der Waals surface area contributed by atoms with Gasteiger partial charge in [0, 0.05) is 0 Å². The van der Waals surface area contributed by atoms with Crippen molar-refractivity contribution in [1.29, 1.82) is 0 Å². The van der Waals surface area contributed by atoms with Crippen LogP contribution in [0.4, 0.5) is 0 Å². The summed E-state index contributed by atoms with van der Waals surface area (Å²) in [5, 5.41) is -0.624. The molecule has 3 nitrogen and oxygen atoms in total. The second-order valence-corrected chi connectivity index (χ2v) is 6.91. The molecule has 0 unspecified atom stereocenters. The highest BCUT2D eigenvalue weighted by Gasteiger charge is 2.29. The summed E-state index contributed by atoms with van der Waals surface area (Å²) in [6.45, 7) is 0. The van der Waals surface area contributed by atoms with Crippen molar-refractivity contribution in [3.8, 4) is 0 Å². The Labute approximate surface area is 113 Å². The third-order valence-electron chi connectivity index (χ3n) is 1.48. The van der Waals surface area contributed by atoms with Crippen molar-refractivity contribution >= 4 is 61.6 Å². The Morgan fingerprint density at radius 3 is 2.06 bits per heavy atom. The highest BCUT2D eigenvalue weighted by atomic mass is 35.6. The lowest BCUT2D eigenvalue weighted by Crippen LogP contribution is -2.14. The highest BCUT2D eigenvalue weighted by molar-refractivity contribution is 7.90. The minimum atomic E-state index is -3.94. The number of hydrogen-bond donors (Lipinski definition) is 0. The molecule has 0 N–H and O–H groups in total. The Bertz CT molecular complexity index is 493. The zero-order chi connectivity index (χ0) is 12.4. The maximum Gasteiger partial charge on any atom is 0.283 e. The Hall–Kier alpha value is -0.000000000000000222. The van der Waals surface area contributed by atoms with Gasteiger partial charge in [-0.25, -0.2) is 0 Å². The lowest BCUT2D eigenvalue weighted by molar-refractivity contribution is 0.598. The monoisotopic (exact) mass is 319 g/mol. The highest BCUT2D eigenvalue weighted by Crippen LogP contribution is 2.31. The lowest BCUT2D eigenvalue weighted by Gasteiger charge is -2.07. The van der Waals surface area contributed by atoms with Gasteiger partial charge in [-0.2, -0.15) is 8.42 Å². The van der Waals surface area contributed by atoms with Crippen LogP contribution in [0.2, 0.25) is 0 Å². The molecular formula is C8H5Cl4NO2S. The molecule has 0 saturated carbocycles. The SMILES string of the molecule is O=S(=O)(/N=C(\Cl)C(Cl)(Cl)Cl)c1ccccc1. The molecule has 0 spiro atoms. The van der Waals surface area contributed by atoms with E-state index in [9.17, 15) is 8.42 Å². The smallest absolute Gasteiger partial charge is 0.199 e. The van der Waals surface area contributed by atoms with E-state index in [1.165, 1.54) is 12.1 Å². The van der Waals surface area contributed by atoms with E-state index in [0.717, 1.165) is 0 Å². The molecule has 0 radical (unpaired) electrons. The van der Waals surface area contributed by atoms with Crippen molar-refractivity contribution in [3.05, 3.63) is 30.3 Å². The Balaban J connectivity index is 3.16. The number of benzene rings is 1. The van der Waals surface area contributed by atoms with Gasteiger partial charge in [-0.05, 0) is 12.1 Å². The van der Waals surface area contributed by atoms with Crippen LogP contribution in [0, 0.1) is 0 Å². The molecule has 1 aromatic rings. The summed E-state index contributed by atoms with van der Waals surface area (Å²) in [6.07, 6.45) is 0. The molecule has 0 aliphatic heterocycles. The molecule has 8 heteroatoms. The van der Waals surface area contributed by atoms with Crippen LogP contribution in [0.25, 0.3) is 0 Å². The van der Waals surface area contributed by atoms with E-state index in [4.69, 9.17) is 46.4 Å². The molecule has 0 bridgehead atoms. The molecule has 16 heavy (non-hydrogen) atoms. The summed E-state index contributed by atoms with van der Waals surface area (Å²) in [5.74, 6) is 0. The number of halogens is 4. The first-order chi connectivity index (χ1) is 7.23.